The van der Waals surface area contributed by atoms with Crippen LogP contribution in [0.3, 0.4) is 0 Å². The highest BCUT2D eigenvalue weighted by Crippen LogP contribution is 2.53. The standard InChI is InChI=1S/C27H44O4/c1-24(2,3)16-21(23(30)31-18-19-14-12-11-13-15-19)27(9,10)26(7,8)17-20(22(28)29)25(4,5)6/h11-15,20-21H,16-18H2,1-10H3,(H,28,29). The summed E-state index contributed by atoms with van der Waals surface area (Å²) >= 11 is 0. The van der Waals surface area contributed by atoms with Gasteiger partial charge in [0.25, 0.3) is 0 Å². The van der Waals surface area contributed by atoms with E-state index in [1.54, 1.807) is 0 Å². The SMILES string of the molecule is CC(C)(C)CC(C(=O)OCc1ccccc1)C(C)(C)C(C)(C)CC(C(=O)O)C(C)(C)C. The predicted molar refractivity (Wildman–Crippen MR) is 127 cm³/mol. The van der Waals surface area contributed by atoms with E-state index in [-0.39, 0.29) is 29.3 Å². The van der Waals surface area contributed by atoms with E-state index in [0.29, 0.717) is 12.8 Å². The Hall–Kier alpha value is -1.84. The van der Waals surface area contributed by atoms with E-state index in [9.17, 15) is 14.7 Å². The van der Waals surface area contributed by atoms with Gasteiger partial charge in [0, 0.05) is 0 Å². The van der Waals surface area contributed by atoms with Crippen LogP contribution in [0.1, 0.15) is 87.6 Å². The Labute approximate surface area is 189 Å². The Balaban J connectivity index is 3.21. The fourth-order valence-corrected chi connectivity index (χ4v) is 4.08. The zero-order valence-corrected chi connectivity index (χ0v) is 21.3. The summed E-state index contributed by atoms with van der Waals surface area (Å²) < 4.78 is 5.78. The van der Waals surface area contributed by atoms with E-state index in [2.05, 4.69) is 48.5 Å². The number of hydrogen-bond acceptors (Lipinski definition) is 3. The molecule has 1 aromatic carbocycles. The van der Waals surface area contributed by atoms with Crippen molar-refractivity contribution in [2.24, 2.45) is 33.5 Å². The van der Waals surface area contributed by atoms with E-state index in [1.165, 1.54) is 0 Å². The topological polar surface area (TPSA) is 63.6 Å². The second-order valence-electron chi connectivity index (χ2n) is 12.5. The van der Waals surface area contributed by atoms with Crippen molar-refractivity contribution in [1.29, 1.82) is 0 Å². The van der Waals surface area contributed by atoms with Crippen LogP contribution in [0, 0.1) is 33.5 Å². The van der Waals surface area contributed by atoms with Gasteiger partial charge in [0.1, 0.15) is 6.61 Å². The molecule has 1 rings (SSSR count). The molecule has 0 aliphatic carbocycles. The number of carbonyl (C=O) groups is 2. The van der Waals surface area contributed by atoms with Crippen LogP contribution in [0.25, 0.3) is 0 Å². The van der Waals surface area contributed by atoms with Crippen molar-refractivity contribution in [2.45, 2.75) is 88.7 Å². The summed E-state index contributed by atoms with van der Waals surface area (Å²) in [5, 5.41) is 9.89. The number of carbonyl (C=O) groups excluding carboxylic acids is 1. The molecule has 2 atom stereocenters. The van der Waals surface area contributed by atoms with E-state index >= 15 is 0 Å². The minimum Gasteiger partial charge on any atom is -0.481 e. The van der Waals surface area contributed by atoms with Crippen LogP contribution < -0.4 is 0 Å². The van der Waals surface area contributed by atoms with E-state index < -0.39 is 22.7 Å². The lowest BCUT2D eigenvalue weighted by molar-refractivity contribution is -0.162. The van der Waals surface area contributed by atoms with Gasteiger partial charge in [0.05, 0.1) is 11.8 Å². The van der Waals surface area contributed by atoms with Gasteiger partial charge in [0.15, 0.2) is 0 Å². The first kappa shape index (κ1) is 27.2. The molecule has 31 heavy (non-hydrogen) atoms. The zero-order valence-electron chi connectivity index (χ0n) is 21.3. The van der Waals surface area contributed by atoms with E-state index in [1.807, 2.05) is 51.1 Å². The van der Waals surface area contributed by atoms with Crippen molar-refractivity contribution in [2.75, 3.05) is 0 Å². The third-order valence-corrected chi connectivity index (χ3v) is 7.00. The second-order valence-corrected chi connectivity index (χ2v) is 12.5. The molecule has 2 unspecified atom stereocenters. The first-order valence-electron chi connectivity index (χ1n) is 11.3. The molecule has 0 heterocycles. The van der Waals surface area contributed by atoms with Crippen LogP contribution >= 0.6 is 0 Å². The Morgan fingerprint density at radius 1 is 0.839 bits per heavy atom. The summed E-state index contributed by atoms with van der Waals surface area (Å²) in [6.07, 6.45) is 1.16. The first-order valence-corrected chi connectivity index (χ1v) is 11.3. The maximum atomic E-state index is 13.4. The molecular weight excluding hydrogens is 388 g/mol. The van der Waals surface area contributed by atoms with Crippen LogP contribution in [0.5, 0.6) is 0 Å². The summed E-state index contributed by atoms with van der Waals surface area (Å²) in [5.74, 6) is -1.84. The van der Waals surface area contributed by atoms with Crippen LogP contribution in [-0.2, 0) is 20.9 Å². The summed E-state index contributed by atoms with van der Waals surface area (Å²) in [5.41, 5.74) is -0.342. The third-order valence-electron chi connectivity index (χ3n) is 7.00. The van der Waals surface area contributed by atoms with Crippen LogP contribution in [-0.4, -0.2) is 17.0 Å². The minimum absolute atomic E-state index is 0.0694. The Morgan fingerprint density at radius 2 is 1.35 bits per heavy atom. The van der Waals surface area contributed by atoms with Crippen LogP contribution in [0.4, 0.5) is 0 Å². The Kier molecular flexibility index (Phi) is 8.55. The molecular formula is C27H44O4. The number of carboxylic acids is 1. The van der Waals surface area contributed by atoms with Gasteiger partial charge in [-0.3, -0.25) is 9.59 Å². The fourth-order valence-electron chi connectivity index (χ4n) is 4.08. The number of hydrogen-bond donors (Lipinski definition) is 1. The van der Waals surface area contributed by atoms with E-state index in [4.69, 9.17) is 4.74 Å². The lowest BCUT2D eigenvalue weighted by atomic mass is 9.54. The van der Waals surface area contributed by atoms with Gasteiger partial charge in [-0.2, -0.15) is 0 Å². The zero-order chi connectivity index (χ0) is 24.3. The van der Waals surface area contributed by atoms with Crippen LogP contribution in [0.15, 0.2) is 30.3 Å². The molecule has 4 nitrogen and oxygen atoms in total. The molecule has 0 amide bonds. The molecule has 1 aromatic rings. The molecule has 0 saturated carbocycles. The molecule has 0 saturated heterocycles. The molecule has 0 spiro atoms. The first-order chi connectivity index (χ1) is 13.9. The lowest BCUT2D eigenvalue weighted by Crippen LogP contribution is -2.47. The maximum Gasteiger partial charge on any atom is 0.309 e. The quantitative estimate of drug-likeness (QED) is 0.428. The lowest BCUT2D eigenvalue weighted by Gasteiger charge is -2.49. The van der Waals surface area contributed by atoms with Crippen molar-refractivity contribution in [1.82, 2.24) is 0 Å². The van der Waals surface area contributed by atoms with Gasteiger partial charge in [-0.1, -0.05) is 99.6 Å². The highest BCUT2D eigenvalue weighted by atomic mass is 16.5. The van der Waals surface area contributed by atoms with Crippen LogP contribution in [0.2, 0.25) is 0 Å². The Bertz CT molecular complexity index is 733. The van der Waals surface area contributed by atoms with Crippen molar-refractivity contribution >= 4 is 11.9 Å². The molecule has 1 N–H and O–H groups in total. The smallest absolute Gasteiger partial charge is 0.309 e. The second kappa shape index (κ2) is 9.75. The summed E-state index contributed by atoms with van der Waals surface area (Å²) in [6.45, 7) is 20.9. The summed E-state index contributed by atoms with van der Waals surface area (Å²) in [6, 6.07) is 9.69. The van der Waals surface area contributed by atoms with Gasteiger partial charge in [-0.15, -0.1) is 0 Å². The third kappa shape index (κ3) is 7.66. The predicted octanol–water partition coefficient (Wildman–Crippen LogP) is 6.97. The highest BCUT2D eigenvalue weighted by molar-refractivity contribution is 5.74. The van der Waals surface area contributed by atoms with Gasteiger partial charge in [-0.05, 0) is 40.1 Å². The molecule has 0 fully saturated rings. The highest BCUT2D eigenvalue weighted by Gasteiger charge is 2.50. The molecule has 0 aliphatic rings. The molecule has 0 aliphatic heterocycles. The molecule has 0 radical (unpaired) electrons. The number of carboxylic acid groups (broad SMARTS) is 1. The fraction of sp³-hybridized carbons (Fsp3) is 0.704. The van der Waals surface area contributed by atoms with Gasteiger partial charge in [-0.25, -0.2) is 0 Å². The number of aliphatic carboxylic acids is 1. The van der Waals surface area contributed by atoms with Gasteiger partial charge < -0.3 is 9.84 Å². The van der Waals surface area contributed by atoms with Crippen molar-refractivity contribution < 1.29 is 19.4 Å². The molecule has 176 valence electrons. The van der Waals surface area contributed by atoms with Crippen molar-refractivity contribution in [3.8, 4) is 0 Å². The normalized spacial score (nSPS) is 15.3. The molecule has 0 aromatic heterocycles. The number of esters is 1. The summed E-state index contributed by atoms with van der Waals surface area (Å²) in [7, 11) is 0. The Morgan fingerprint density at radius 3 is 1.77 bits per heavy atom. The van der Waals surface area contributed by atoms with Crippen molar-refractivity contribution in [3.63, 3.8) is 0 Å². The average Bonchev–Trinajstić information content (AvgIpc) is 2.61. The number of rotatable bonds is 9. The average molecular weight is 433 g/mol. The largest absolute Gasteiger partial charge is 0.481 e. The summed E-state index contributed by atoms with van der Waals surface area (Å²) in [4.78, 5) is 25.4. The molecule has 0 bridgehead atoms. The molecule has 4 heteroatoms. The maximum absolute atomic E-state index is 13.4. The number of ether oxygens (including phenoxy) is 1. The minimum atomic E-state index is -0.782. The number of benzene rings is 1. The van der Waals surface area contributed by atoms with Gasteiger partial charge in [0.2, 0.25) is 0 Å². The van der Waals surface area contributed by atoms with Crippen molar-refractivity contribution in [3.05, 3.63) is 35.9 Å². The van der Waals surface area contributed by atoms with E-state index in [0.717, 1.165) is 5.56 Å². The van der Waals surface area contributed by atoms with Gasteiger partial charge >= 0.3 is 11.9 Å². The monoisotopic (exact) mass is 432 g/mol.